The third-order valence-corrected chi connectivity index (χ3v) is 3.29. The van der Waals surface area contributed by atoms with E-state index in [1.54, 1.807) is 30.3 Å². The summed E-state index contributed by atoms with van der Waals surface area (Å²) in [6.07, 6.45) is 0. The highest BCUT2D eigenvalue weighted by Gasteiger charge is 2.11. The molecule has 3 nitrogen and oxygen atoms in total. The molecule has 0 aliphatic heterocycles. The zero-order valence-corrected chi connectivity index (χ0v) is 10.7. The van der Waals surface area contributed by atoms with Crippen molar-refractivity contribution in [3.63, 3.8) is 0 Å². The Hall–Kier alpha value is -1.71. The van der Waals surface area contributed by atoms with Gasteiger partial charge in [0.05, 0.1) is 21.7 Å². The number of halogens is 2. The molecule has 0 bridgehead atoms. The first kappa shape index (κ1) is 11.4. The van der Waals surface area contributed by atoms with E-state index in [-0.39, 0.29) is 5.69 Å². The Morgan fingerprint density at radius 3 is 2.61 bits per heavy atom. The van der Waals surface area contributed by atoms with Crippen molar-refractivity contribution >= 4 is 34.2 Å². The lowest BCUT2D eigenvalue weighted by Gasteiger charge is -2.05. The first-order valence-electron chi connectivity index (χ1n) is 5.32. The molecule has 0 aliphatic carbocycles. The number of aromatic nitrogens is 2. The minimum Gasteiger partial charge on any atom is -0.305 e. The van der Waals surface area contributed by atoms with E-state index in [0.29, 0.717) is 21.2 Å². The van der Waals surface area contributed by atoms with Crippen molar-refractivity contribution < 1.29 is 0 Å². The van der Waals surface area contributed by atoms with E-state index in [1.807, 2.05) is 12.1 Å². The molecule has 0 amide bonds. The number of fused-ring (bicyclic) bond motifs is 1. The maximum Gasteiger partial charge on any atom is 0.331 e. The Morgan fingerprint density at radius 1 is 1.06 bits per heavy atom. The zero-order valence-electron chi connectivity index (χ0n) is 9.15. The Balaban J connectivity index is 2.40. The molecule has 1 heterocycles. The van der Waals surface area contributed by atoms with Crippen molar-refractivity contribution in [2.24, 2.45) is 0 Å². The Morgan fingerprint density at radius 2 is 1.83 bits per heavy atom. The molecule has 0 atom stereocenters. The van der Waals surface area contributed by atoms with Gasteiger partial charge in [-0.2, -0.15) is 0 Å². The molecule has 0 radical (unpaired) electrons. The molecule has 18 heavy (non-hydrogen) atoms. The van der Waals surface area contributed by atoms with Gasteiger partial charge in [-0.25, -0.2) is 4.79 Å². The van der Waals surface area contributed by atoms with Gasteiger partial charge in [-0.1, -0.05) is 35.3 Å². The average molecular weight is 279 g/mol. The molecule has 5 heteroatoms. The summed E-state index contributed by atoms with van der Waals surface area (Å²) in [4.78, 5) is 14.8. The number of rotatable bonds is 1. The molecular weight excluding hydrogens is 271 g/mol. The maximum atomic E-state index is 12.0. The summed E-state index contributed by atoms with van der Waals surface area (Å²) >= 11 is 12.0. The van der Waals surface area contributed by atoms with Crippen LogP contribution < -0.4 is 5.69 Å². The normalized spacial score (nSPS) is 11.0. The van der Waals surface area contributed by atoms with Gasteiger partial charge in [0.1, 0.15) is 0 Å². The molecule has 1 N–H and O–H groups in total. The van der Waals surface area contributed by atoms with Crippen molar-refractivity contribution in [1.29, 1.82) is 0 Å². The van der Waals surface area contributed by atoms with Crippen molar-refractivity contribution in [2.75, 3.05) is 0 Å². The standard InChI is InChI=1S/C13H8Cl2N2O/c14-8-5-6-12-10(7-8)16-13(18)17(12)11-4-2-1-3-9(11)15/h1-7H,(H,16,18). The Bertz CT molecular complexity index is 789. The van der Waals surface area contributed by atoms with Crippen LogP contribution in [-0.2, 0) is 0 Å². The fourth-order valence-electron chi connectivity index (χ4n) is 1.96. The molecule has 0 fully saturated rings. The molecule has 0 spiro atoms. The van der Waals surface area contributed by atoms with E-state index in [4.69, 9.17) is 23.2 Å². The summed E-state index contributed by atoms with van der Waals surface area (Å²) in [5.41, 5.74) is 1.85. The molecule has 0 unspecified atom stereocenters. The van der Waals surface area contributed by atoms with Crippen LogP contribution in [0.5, 0.6) is 0 Å². The number of aromatic amines is 1. The van der Waals surface area contributed by atoms with Crippen LogP contribution >= 0.6 is 23.2 Å². The van der Waals surface area contributed by atoms with Crippen LogP contribution in [0, 0.1) is 0 Å². The smallest absolute Gasteiger partial charge is 0.305 e. The van der Waals surface area contributed by atoms with Crippen LogP contribution in [0.3, 0.4) is 0 Å². The fourth-order valence-corrected chi connectivity index (χ4v) is 2.35. The molecule has 3 aromatic rings. The number of benzene rings is 2. The van der Waals surface area contributed by atoms with Crippen molar-refractivity contribution in [1.82, 2.24) is 9.55 Å². The second-order valence-corrected chi connectivity index (χ2v) is 4.72. The first-order chi connectivity index (χ1) is 8.66. The van der Waals surface area contributed by atoms with Crippen LogP contribution in [0.4, 0.5) is 0 Å². The predicted molar refractivity (Wildman–Crippen MR) is 73.9 cm³/mol. The Kier molecular flexibility index (Phi) is 2.65. The van der Waals surface area contributed by atoms with E-state index in [0.717, 1.165) is 5.52 Å². The van der Waals surface area contributed by atoms with Crippen molar-refractivity contribution in [3.8, 4) is 5.69 Å². The van der Waals surface area contributed by atoms with Crippen LogP contribution in [0.1, 0.15) is 0 Å². The number of hydrogen-bond acceptors (Lipinski definition) is 1. The van der Waals surface area contributed by atoms with Gasteiger partial charge in [0.25, 0.3) is 0 Å². The second-order valence-electron chi connectivity index (χ2n) is 3.88. The zero-order chi connectivity index (χ0) is 12.7. The second kappa shape index (κ2) is 4.19. The van der Waals surface area contributed by atoms with Crippen LogP contribution in [0.25, 0.3) is 16.7 Å². The monoisotopic (exact) mass is 278 g/mol. The number of para-hydroxylation sites is 1. The lowest BCUT2D eigenvalue weighted by Crippen LogP contribution is -2.14. The molecule has 3 rings (SSSR count). The molecule has 90 valence electrons. The van der Waals surface area contributed by atoms with Crippen molar-refractivity contribution in [2.45, 2.75) is 0 Å². The van der Waals surface area contributed by atoms with Crippen molar-refractivity contribution in [3.05, 3.63) is 63.0 Å². The van der Waals surface area contributed by atoms with Gasteiger partial charge in [0.15, 0.2) is 0 Å². The number of H-pyrrole nitrogens is 1. The van der Waals surface area contributed by atoms with Gasteiger partial charge in [0.2, 0.25) is 0 Å². The van der Waals surface area contributed by atoms with Gasteiger partial charge >= 0.3 is 5.69 Å². The third kappa shape index (κ3) is 1.72. The highest BCUT2D eigenvalue weighted by atomic mass is 35.5. The van der Waals surface area contributed by atoms with E-state index < -0.39 is 0 Å². The lowest BCUT2D eigenvalue weighted by molar-refractivity contribution is 1.02. The largest absolute Gasteiger partial charge is 0.331 e. The molecule has 2 aromatic carbocycles. The van der Waals surface area contributed by atoms with Gasteiger partial charge in [-0.05, 0) is 30.3 Å². The average Bonchev–Trinajstić information content (AvgIpc) is 2.65. The molecule has 0 saturated heterocycles. The maximum absolute atomic E-state index is 12.0. The van der Waals surface area contributed by atoms with Crippen LogP contribution in [0.2, 0.25) is 10.0 Å². The van der Waals surface area contributed by atoms with E-state index in [1.165, 1.54) is 4.57 Å². The van der Waals surface area contributed by atoms with E-state index >= 15 is 0 Å². The highest BCUT2D eigenvalue weighted by Crippen LogP contribution is 2.23. The summed E-state index contributed by atoms with van der Waals surface area (Å²) in [5, 5.41) is 1.10. The topological polar surface area (TPSA) is 37.8 Å². The summed E-state index contributed by atoms with van der Waals surface area (Å²) in [7, 11) is 0. The summed E-state index contributed by atoms with van der Waals surface area (Å²) < 4.78 is 1.54. The summed E-state index contributed by atoms with van der Waals surface area (Å²) in [6.45, 7) is 0. The quantitative estimate of drug-likeness (QED) is 0.725. The Labute approximate surface area is 113 Å². The van der Waals surface area contributed by atoms with E-state index in [2.05, 4.69) is 4.98 Å². The number of nitrogens with one attached hydrogen (secondary N) is 1. The summed E-state index contributed by atoms with van der Waals surface area (Å²) in [6, 6.07) is 12.4. The van der Waals surface area contributed by atoms with Crippen LogP contribution in [0.15, 0.2) is 47.3 Å². The van der Waals surface area contributed by atoms with Crippen LogP contribution in [-0.4, -0.2) is 9.55 Å². The lowest BCUT2D eigenvalue weighted by atomic mass is 10.3. The first-order valence-corrected chi connectivity index (χ1v) is 6.07. The SMILES string of the molecule is O=c1[nH]c2cc(Cl)ccc2n1-c1ccccc1Cl. The number of imidazole rings is 1. The summed E-state index contributed by atoms with van der Waals surface area (Å²) in [5.74, 6) is 0. The molecular formula is C13H8Cl2N2O. The van der Waals surface area contributed by atoms with Gasteiger partial charge in [-0.3, -0.25) is 4.57 Å². The minimum atomic E-state index is -0.236. The fraction of sp³-hybridized carbons (Fsp3) is 0. The van der Waals surface area contributed by atoms with E-state index in [9.17, 15) is 4.79 Å². The molecule has 1 aromatic heterocycles. The molecule has 0 saturated carbocycles. The number of nitrogens with zero attached hydrogens (tertiary/aromatic N) is 1. The van der Waals surface area contributed by atoms with Gasteiger partial charge in [-0.15, -0.1) is 0 Å². The predicted octanol–water partition coefficient (Wildman–Crippen LogP) is 3.63. The highest BCUT2D eigenvalue weighted by molar-refractivity contribution is 6.32. The number of hydrogen-bond donors (Lipinski definition) is 1. The third-order valence-electron chi connectivity index (χ3n) is 2.74. The minimum absolute atomic E-state index is 0.236. The molecule has 0 aliphatic rings. The van der Waals surface area contributed by atoms with Gasteiger partial charge < -0.3 is 4.98 Å². The van der Waals surface area contributed by atoms with Gasteiger partial charge in [0, 0.05) is 5.02 Å².